The summed E-state index contributed by atoms with van der Waals surface area (Å²) in [7, 11) is -1.91. The molecule has 0 aromatic heterocycles. The zero-order chi connectivity index (χ0) is 17.0. The van der Waals surface area contributed by atoms with Gasteiger partial charge in [0.1, 0.15) is 0 Å². The Bertz CT molecular complexity index is 356. The van der Waals surface area contributed by atoms with E-state index in [1.165, 1.54) is 19.3 Å². The minimum Gasteiger partial charge on any atom is -0.411 e. The summed E-state index contributed by atoms with van der Waals surface area (Å²) >= 11 is 0. The zero-order valence-electron chi connectivity index (χ0n) is 15.3. The third-order valence-electron chi connectivity index (χ3n) is 5.63. The third kappa shape index (κ3) is 4.80. The van der Waals surface area contributed by atoms with Crippen LogP contribution in [0.4, 0.5) is 0 Å². The fourth-order valence-corrected chi connectivity index (χ4v) is 4.38. The molecule has 0 amide bonds. The molecule has 1 N–H and O–H groups in total. The molecule has 2 atom stereocenters. The van der Waals surface area contributed by atoms with Crippen molar-refractivity contribution < 1.29 is 9.53 Å². The molecule has 1 aliphatic rings. The lowest BCUT2D eigenvalue weighted by Gasteiger charge is -2.44. The maximum Gasteiger partial charge on any atom is 0.192 e. The summed E-state index contributed by atoms with van der Waals surface area (Å²) in [5.74, 6) is 0.358. The lowest BCUT2D eigenvalue weighted by Crippen LogP contribution is -2.51. The standard InChI is InChI=1S/C19H36O2Si/c1-8-15(9-2)17(20)18(16-13-11-10-12-14-16)21-22(6,7)19(3,4)5/h8-9,15-18,20H,1-2,10-14H2,3-7H3/t17-,18+/m0/s1. The Morgan fingerprint density at radius 2 is 1.59 bits per heavy atom. The highest BCUT2D eigenvalue weighted by Crippen LogP contribution is 2.41. The van der Waals surface area contributed by atoms with E-state index in [-0.39, 0.29) is 17.1 Å². The predicted molar refractivity (Wildman–Crippen MR) is 98.5 cm³/mol. The van der Waals surface area contributed by atoms with Crippen LogP contribution in [-0.2, 0) is 4.43 Å². The Labute approximate surface area is 138 Å². The third-order valence-corrected chi connectivity index (χ3v) is 10.1. The Morgan fingerprint density at radius 1 is 1.09 bits per heavy atom. The Balaban J connectivity index is 3.00. The number of rotatable bonds is 7. The van der Waals surface area contributed by atoms with Gasteiger partial charge in [0.25, 0.3) is 0 Å². The van der Waals surface area contributed by atoms with Crippen LogP contribution in [0.15, 0.2) is 25.3 Å². The molecule has 0 spiro atoms. The van der Waals surface area contributed by atoms with E-state index in [1.807, 2.05) is 0 Å². The van der Waals surface area contributed by atoms with Gasteiger partial charge in [-0.15, -0.1) is 13.2 Å². The van der Waals surface area contributed by atoms with E-state index in [0.717, 1.165) is 12.8 Å². The normalized spacial score (nSPS) is 20.7. The molecule has 1 fully saturated rings. The first-order chi connectivity index (χ1) is 10.1. The molecule has 2 nitrogen and oxygen atoms in total. The minimum absolute atomic E-state index is 0.0952. The number of aliphatic hydroxyl groups excluding tert-OH is 1. The molecule has 3 heteroatoms. The highest BCUT2D eigenvalue weighted by Gasteiger charge is 2.43. The van der Waals surface area contributed by atoms with Crippen molar-refractivity contribution in [1.82, 2.24) is 0 Å². The van der Waals surface area contributed by atoms with Crippen LogP contribution in [0.3, 0.4) is 0 Å². The molecular weight excluding hydrogens is 288 g/mol. The van der Waals surface area contributed by atoms with Crippen LogP contribution < -0.4 is 0 Å². The van der Waals surface area contributed by atoms with Crippen LogP contribution in [0.2, 0.25) is 18.1 Å². The van der Waals surface area contributed by atoms with Crippen molar-refractivity contribution in [2.75, 3.05) is 0 Å². The van der Waals surface area contributed by atoms with Gasteiger partial charge in [0.15, 0.2) is 8.32 Å². The summed E-state index contributed by atoms with van der Waals surface area (Å²) < 4.78 is 6.68. The van der Waals surface area contributed by atoms with Crippen LogP contribution in [0.1, 0.15) is 52.9 Å². The SMILES string of the molecule is C=CC(C=C)[C@H](O)[C@H](O[Si](C)(C)C(C)(C)C)C1CCCCC1. The topological polar surface area (TPSA) is 29.5 Å². The Morgan fingerprint density at radius 3 is 2.00 bits per heavy atom. The van der Waals surface area contributed by atoms with E-state index in [9.17, 15) is 5.11 Å². The smallest absolute Gasteiger partial charge is 0.192 e. The second-order valence-corrected chi connectivity index (χ2v) is 13.0. The van der Waals surface area contributed by atoms with Crippen LogP contribution in [-0.4, -0.2) is 25.6 Å². The van der Waals surface area contributed by atoms with E-state index in [2.05, 4.69) is 47.0 Å². The van der Waals surface area contributed by atoms with Crippen LogP contribution in [0, 0.1) is 11.8 Å². The van der Waals surface area contributed by atoms with Crippen molar-refractivity contribution in [3.8, 4) is 0 Å². The van der Waals surface area contributed by atoms with Gasteiger partial charge in [-0.3, -0.25) is 0 Å². The van der Waals surface area contributed by atoms with Crippen molar-refractivity contribution in [3.05, 3.63) is 25.3 Å². The molecule has 0 radical (unpaired) electrons. The van der Waals surface area contributed by atoms with Gasteiger partial charge in [0.2, 0.25) is 0 Å². The monoisotopic (exact) mass is 324 g/mol. The van der Waals surface area contributed by atoms with Crippen molar-refractivity contribution >= 4 is 8.32 Å². The van der Waals surface area contributed by atoms with Gasteiger partial charge in [-0.2, -0.15) is 0 Å². The van der Waals surface area contributed by atoms with Gasteiger partial charge in [0.05, 0.1) is 12.2 Å². The van der Waals surface area contributed by atoms with E-state index >= 15 is 0 Å². The zero-order valence-corrected chi connectivity index (χ0v) is 16.3. The maximum atomic E-state index is 10.9. The maximum absolute atomic E-state index is 10.9. The van der Waals surface area contributed by atoms with Gasteiger partial charge in [-0.05, 0) is 36.9 Å². The molecule has 0 saturated heterocycles. The van der Waals surface area contributed by atoms with Crippen LogP contribution in [0.5, 0.6) is 0 Å². The predicted octanol–water partition coefficient (Wildman–Crippen LogP) is 5.31. The Hall–Kier alpha value is -0.383. The second kappa shape index (κ2) is 7.94. The van der Waals surface area contributed by atoms with Gasteiger partial charge in [-0.25, -0.2) is 0 Å². The molecule has 0 bridgehead atoms. The van der Waals surface area contributed by atoms with Crippen molar-refractivity contribution in [1.29, 1.82) is 0 Å². The Kier molecular flexibility index (Phi) is 7.09. The molecule has 1 saturated carbocycles. The van der Waals surface area contributed by atoms with Crippen molar-refractivity contribution in [2.45, 2.75) is 83.2 Å². The molecule has 0 aliphatic heterocycles. The van der Waals surface area contributed by atoms with E-state index in [4.69, 9.17) is 4.43 Å². The highest BCUT2D eigenvalue weighted by atomic mass is 28.4. The molecule has 1 rings (SSSR count). The first-order valence-corrected chi connectivity index (χ1v) is 11.7. The summed E-state index contributed by atoms with van der Waals surface area (Å²) in [6.45, 7) is 19.0. The fourth-order valence-electron chi connectivity index (χ4n) is 3.02. The first-order valence-electron chi connectivity index (χ1n) is 8.75. The van der Waals surface area contributed by atoms with E-state index < -0.39 is 14.4 Å². The summed E-state index contributed by atoms with van der Waals surface area (Å²) in [6, 6.07) is 0. The molecule has 0 aromatic rings. The van der Waals surface area contributed by atoms with Crippen LogP contribution in [0.25, 0.3) is 0 Å². The van der Waals surface area contributed by atoms with E-state index in [0.29, 0.717) is 5.92 Å². The lowest BCUT2D eigenvalue weighted by molar-refractivity contribution is -0.0300. The van der Waals surface area contributed by atoms with Crippen LogP contribution >= 0.6 is 0 Å². The molecule has 128 valence electrons. The van der Waals surface area contributed by atoms with Gasteiger partial charge >= 0.3 is 0 Å². The van der Waals surface area contributed by atoms with Gasteiger partial charge < -0.3 is 9.53 Å². The molecule has 0 aromatic carbocycles. The highest BCUT2D eigenvalue weighted by molar-refractivity contribution is 6.74. The number of hydrogen-bond acceptors (Lipinski definition) is 2. The van der Waals surface area contributed by atoms with E-state index in [1.54, 1.807) is 12.2 Å². The fraction of sp³-hybridized carbons (Fsp3) is 0.789. The number of aliphatic hydroxyl groups is 1. The summed E-state index contributed by atoms with van der Waals surface area (Å²) in [4.78, 5) is 0. The molecule has 0 unspecified atom stereocenters. The summed E-state index contributed by atoms with van der Waals surface area (Å²) in [6.07, 6.45) is 9.10. The second-order valence-electron chi connectivity index (χ2n) is 8.28. The minimum atomic E-state index is -1.91. The average molecular weight is 325 g/mol. The summed E-state index contributed by atoms with van der Waals surface area (Å²) in [5, 5.41) is 11.1. The molecule has 1 aliphatic carbocycles. The average Bonchev–Trinajstić information content (AvgIpc) is 2.45. The van der Waals surface area contributed by atoms with Gasteiger partial charge in [0, 0.05) is 5.92 Å². The van der Waals surface area contributed by atoms with Crippen molar-refractivity contribution in [3.63, 3.8) is 0 Å². The molecule has 22 heavy (non-hydrogen) atoms. The lowest BCUT2D eigenvalue weighted by atomic mass is 9.80. The molecular formula is C19H36O2Si. The summed E-state index contributed by atoms with van der Waals surface area (Å²) in [5.41, 5.74) is 0. The number of hydrogen-bond donors (Lipinski definition) is 1. The quantitative estimate of drug-likeness (QED) is 0.508. The largest absolute Gasteiger partial charge is 0.411 e. The first kappa shape index (κ1) is 19.7. The van der Waals surface area contributed by atoms with Crippen molar-refractivity contribution in [2.24, 2.45) is 11.8 Å². The molecule has 0 heterocycles. The van der Waals surface area contributed by atoms with Gasteiger partial charge in [-0.1, -0.05) is 52.2 Å².